The van der Waals surface area contributed by atoms with Crippen molar-refractivity contribution in [3.05, 3.63) is 35.9 Å². The van der Waals surface area contributed by atoms with Crippen LogP contribution in [0.25, 0.3) is 0 Å². The van der Waals surface area contributed by atoms with Gasteiger partial charge in [0.05, 0.1) is 49.2 Å². The molecule has 2 unspecified atom stereocenters. The summed E-state index contributed by atoms with van der Waals surface area (Å²) >= 11 is 0. The minimum absolute atomic E-state index is 0.00152. The van der Waals surface area contributed by atoms with Crippen molar-refractivity contribution in [2.24, 2.45) is 23.7 Å². The third-order valence-electron chi connectivity index (χ3n) is 12.1. The number of esters is 1. The summed E-state index contributed by atoms with van der Waals surface area (Å²) in [7, 11) is 8.45. The van der Waals surface area contributed by atoms with Gasteiger partial charge in [0.25, 0.3) is 0 Å². The molecule has 16 nitrogen and oxygen atoms in total. The molecule has 0 saturated carbocycles. The third kappa shape index (κ3) is 16.6. The predicted molar refractivity (Wildman–Crippen MR) is 247 cm³/mol. The highest BCUT2D eigenvalue weighted by Gasteiger charge is 2.43. The fraction of sp³-hybridized carbons (Fsp3) is 0.750. The Morgan fingerprint density at radius 3 is 2.00 bits per heavy atom. The molecule has 0 aromatic heterocycles. The molecule has 364 valence electrons. The highest BCUT2D eigenvalue weighted by atomic mass is 16.6. The van der Waals surface area contributed by atoms with Crippen LogP contribution in [0.4, 0.5) is 4.79 Å². The van der Waals surface area contributed by atoms with Crippen LogP contribution in [0.5, 0.6) is 0 Å². The lowest BCUT2D eigenvalue weighted by molar-refractivity contribution is -0.153. The highest BCUT2D eigenvalue weighted by Crippen LogP contribution is 2.30. The van der Waals surface area contributed by atoms with Gasteiger partial charge in [0.1, 0.15) is 23.8 Å². The van der Waals surface area contributed by atoms with Crippen LogP contribution in [0.15, 0.2) is 30.3 Å². The summed E-state index contributed by atoms with van der Waals surface area (Å²) in [6.45, 7) is 20.8. The van der Waals surface area contributed by atoms with Crippen molar-refractivity contribution in [1.82, 2.24) is 30.7 Å². The lowest BCUT2D eigenvalue weighted by Crippen LogP contribution is -2.59. The summed E-state index contributed by atoms with van der Waals surface area (Å²) in [6.07, 6.45) is -0.669. The van der Waals surface area contributed by atoms with Crippen molar-refractivity contribution < 1.29 is 47.7 Å². The minimum atomic E-state index is -1.06. The van der Waals surface area contributed by atoms with Gasteiger partial charge in [-0.2, -0.15) is 0 Å². The van der Waals surface area contributed by atoms with Crippen LogP contribution >= 0.6 is 0 Å². The number of rotatable bonds is 24. The van der Waals surface area contributed by atoms with Gasteiger partial charge in [-0.25, -0.2) is 9.59 Å². The molecule has 0 aliphatic carbocycles. The fourth-order valence-electron chi connectivity index (χ4n) is 8.62. The van der Waals surface area contributed by atoms with Crippen LogP contribution in [-0.2, 0) is 49.3 Å². The van der Waals surface area contributed by atoms with Gasteiger partial charge in [0.2, 0.25) is 23.6 Å². The topological polar surface area (TPSA) is 185 Å². The second-order valence-electron chi connectivity index (χ2n) is 19.4. The average molecular weight is 903 g/mol. The van der Waals surface area contributed by atoms with Gasteiger partial charge >= 0.3 is 12.1 Å². The standard InChI is InChI=1S/C48H82N6O10/c1-17-31(6)41(53(14)45(58)39(29(2)3)51-44(57)40(30(4)5)52(12)13)37(61-15)27-38(55)54-25-21-24-36(54)42(62-16)33(8)43(56)50-35(26-34-22-19-18-20-23-34)46(59)63-32(7)28-49-47(60)64-48(9,10)11/h18-20,22-23,29-33,35-37,39-42H,17,21,24-28H2,1-16H3,(H,49,60)(H,50,56)(H,51,57)/t31-,32?,33+,35?,36-,37+,39-,40-,41-,42+/m0/s1. The van der Waals surface area contributed by atoms with Crippen molar-refractivity contribution >= 4 is 35.7 Å². The van der Waals surface area contributed by atoms with Crippen molar-refractivity contribution in [2.75, 3.05) is 48.5 Å². The first kappa shape index (κ1) is 55.9. The molecule has 0 spiro atoms. The number of carbonyl (C=O) groups excluding carboxylic acids is 6. The predicted octanol–water partition coefficient (Wildman–Crippen LogP) is 4.82. The number of methoxy groups -OCH3 is 2. The number of amides is 5. The zero-order valence-electron chi connectivity index (χ0n) is 41.7. The Morgan fingerprint density at radius 1 is 0.859 bits per heavy atom. The number of nitrogens with one attached hydrogen (secondary N) is 3. The van der Waals surface area contributed by atoms with E-state index in [2.05, 4.69) is 16.0 Å². The van der Waals surface area contributed by atoms with E-state index < -0.39 is 78.0 Å². The number of alkyl carbamates (subject to hydrolysis) is 1. The Morgan fingerprint density at radius 2 is 1.48 bits per heavy atom. The van der Waals surface area contributed by atoms with E-state index in [4.69, 9.17) is 18.9 Å². The van der Waals surface area contributed by atoms with Gasteiger partial charge in [-0.05, 0) is 77.9 Å². The normalized spacial score (nSPS) is 18.5. The van der Waals surface area contributed by atoms with Crippen LogP contribution in [0.1, 0.15) is 107 Å². The van der Waals surface area contributed by atoms with Crippen LogP contribution < -0.4 is 16.0 Å². The smallest absolute Gasteiger partial charge is 0.407 e. The Kier molecular flexibility index (Phi) is 22.7. The zero-order chi connectivity index (χ0) is 48.6. The lowest BCUT2D eigenvalue weighted by atomic mass is 9.89. The number of nitrogens with zero attached hydrogens (tertiary/aromatic N) is 3. The monoisotopic (exact) mass is 903 g/mol. The summed E-state index contributed by atoms with van der Waals surface area (Å²) in [6, 6.07) is 6.01. The summed E-state index contributed by atoms with van der Waals surface area (Å²) in [5.74, 6) is -2.84. The summed E-state index contributed by atoms with van der Waals surface area (Å²) in [5, 5.41) is 8.54. The van der Waals surface area contributed by atoms with Crippen molar-refractivity contribution in [3.63, 3.8) is 0 Å². The van der Waals surface area contributed by atoms with Crippen LogP contribution in [0.3, 0.4) is 0 Å². The maximum Gasteiger partial charge on any atom is 0.407 e. The molecule has 64 heavy (non-hydrogen) atoms. The Labute approximate surface area is 383 Å². The van der Waals surface area contributed by atoms with E-state index in [9.17, 15) is 28.8 Å². The van der Waals surface area contributed by atoms with Gasteiger partial charge in [-0.1, -0.05) is 85.2 Å². The number of carbonyl (C=O) groups is 6. The molecule has 1 saturated heterocycles. The summed E-state index contributed by atoms with van der Waals surface area (Å²) < 4.78 is 23.0. The second kappa shape index (κ2) is 26.0. The molecule has 1 fully saturated rings. The van der Waals surface area contributed by atoms with Crippen molar-refractivity contribution in [3.8, 4) is 0 Å². The van der Waals surface area contributed by atoms with Crippen LogP contribution in [-0.4, -0.2) is 153 Å². The highest BCUT2D eigenvalue weighted by molar-refractivity contribution is 5.90. The SMILES string of the molecule is CC[C@H](C)[C@@H]([C@@H](CC(=O)N1CCC[C@H]1[C@H](OC)[C@@H](C)C(=O)NC(Cc1ccccc1)C(=O)OC(C)CNC(=O)OC(C)(C)C)OC)N(C)C(=O)[C@@H](NC(=O)[C@H](C(C)C)N(C)C)C(C)C. The molecule has 1 aliphatic heterocycles. The number of hydrogen-bond donors (Lipinski definition) is 3. The van der Waals surface area contributed by atoms with Gasteiger partial charge in [-0.15, -0.1) is 0 Å². The van der Waals surface area contributed by atoms with E-state index in [0.717, 1.165) is 5.56 Å². The van der Waals surface area contributed by atoms with E-state index >= 15 is 0 Å². The quantitative estimate of drug-likeness (QED) is 0.121. The molecule has 16 heteroatoms. The van der Waals surface area contributed by atoms with Gasteiger partial charge in [-0.3, -0.25) is 24.1 Å². The van der Waals surface area contributed by atoms with Gasteiger partial charge in [0.15, 0.2) is 0 Å². The lowest BCUT2D eigenvalue weighted by Gasteiger charge is -2.41. The maximum absolute atomic E-state index is 14.4. The largest absolute Gasteiger partial charge is 0.459 e. The Balaban J connectivity index is 2.30. The first-order valence-electron chi connectivity index (χ1n) is 23.0. The number of ether oxygens (including phenoxy) is 4. The molecular weight excluding hydrogens is 821 g/mol. The Hall–Kier alpha value is -4.28. The van der Waals surface area contributed by atoms with E-state index in [1.54, 1.807) is 58.6 Å². The average Bonchev–Trinajstić information content (AvgIpc) is 3.70. The molecule has 1 aliphatic rings. The fourth-order valence-corrected chi connectivity index (χ4v) is 8.62. The number of hydrogen-bond acceptors (Lipinski definition) is 11. The maximum atomic E-state index is 14.4. The molecule has 1 aromatic carbocycles. The molecule has 0 radical (unpaired) electrons. The molecule has 1 heterocycles. The molecule has 10 atom stereocenters. The van der Waals surface area contributed by atoms with E-state index in [1.807, 2.05) is 90.9 Å². The molecule has 1 aromatic rings. The summed E-state index contributed by atoms with van der Waals surface area (Å²) in [4.78, 5) is 87.4. The second-order valence-corrected chi connectivity index (χ2v) is 19.4. The van der Waals surface area contributed by atoms with E-state index in [-0.39, 0.29) is 54.9 Å². The first-order valence-corrected chi connectivity index (χ1v) is 23.0. The summed E-state index contributed by atoms with van der Waals surface area (Å²) in [5.41, 5.74) is 0.108. The van der Waals surface area contributed by atoms with E-state index in [0.29, 0.717) is 25.8 Å². The van der Waals surface area contributed by atoms with Gasteiger partial charge < -0.3 is 44.7 Å². The van der Waals surface area contributed by atoms with Crippen LogP contribution in [0, 0.1) is 23.7 Å². The van der Waals surface area contributed by atoms with E-state index in [1.165, 1.54) is 7.11 Å². The number of benzene rings is 1. The van der Waals surface area contributed by atoms with Crippen molar-refractivity contribution in [2.45, 2.75) is 162 Å². The molecule has 0 bridgehead atoms. The molecule has 2 rings (SSSR count). The molecule has 5 amide bonds. The number of likely N-dealkylation sites (N-methyl/N-ethyl adjacent to an activating group) is 2. The number of likely N-dealkylation sites (tertiary alicyclic amines) is 1. The Bertz CT molecular complexity index is 1640. The van der Waals surface area contributed by atoms with Gasteiger partial charge in [0, 0.05) is 34.2 Å². The minimum Gasteiger partial charge on any atom is -0.459 e. The first-order chi connectivity index (χ1) is 29.9. The van der Waals surface area contributed by atoms with Crippen LogP contribution in [0.2, 0.25) is 0 Å². The van der Waals surface area contributed by atoms with Crippen molar-refractivity contribution in [1.29, 1.82) is 0 Å². The third-order valence-corrected chi connectivity index (χ3v) is 12.1. The molecule has 3 N–H and O–H groups in total. The molecular formula is C48H82N6O10. The zero-order valence-corrected chi connectivity index (χ0v) is 41.7.